The molecule has 0 saturated heterocycles. The van der Waals surface area contributed by atoms with E-state index in [1.54, 1.807) is 0 Å². The van der Waals surface area contributed by atoms with E-state index in [0.29, 0.717) is 13.2 Å². The van der Waals surface area contributed by atoms with Crippen molar-refractivity contribution in [1.29, 1.82) is 0 Å². The highest BCUT2D eigenvalue weighted by Gasteiger charge is 1.91. The van der Waals surface area contributed by atoms with Crippen LogP contribution in [0, 0.1) is 0 Å². The highest BCUT2D eigenvalue weighted by molar-refractivity contribution is 5.27. The molecule has 1 aromatic carbocycles. The quantitative estimate of drug-likeness (QED) is 0.715. The summed E-state index contributed by atoms with van der Waals surface area (Å²) >= 11 is 0. The number of hydrogen-bond donors (Lipinski definition) is 1. The molecule has 70 valence electrons. The fourth-order valence-electron chi connectivity index (χ4n) is 0.962. The standard InChI is InChI=1S/C11H15NO/c1-2-3-8-13-11-6-4-10(9-12)5-7-11/h2-7H,8-9,12H2,1H3/b3-2+. The van der Waals surface area contributed by atoms with Crippen LogP contribution in [0.2, 0.25) is 0 Å². The van der Waals surface area contributed by atoms with Crippen LogP contribution in [0.5, 0.6) is 5.75 Å². The molecule has 0 bridgehead atoms. The van der Waals surface area contributed by atoms with E-state index >= 15 is 0 Å². The highest BCUT2D eigenvalue weighted by Crippen LogP contribution is 2.11. The van der Waals surface area contributed by atoms with E-state index in [1.165, 1.54) is 0 Å². The van der Waals surface area contributed by atoms with Crippen molar-refractivity contribution in [2.75, 3.05) is 6.61 Å². The third kappa shape index (κ3) is 3.30. The van der Waals surface area contributed by atoms with Gasteiger partial charge in [0.1, 0.15) is 12.4 Å². The molecule has 0 fully saturated rings. The van der Waals surface area contributed by atoms with Gasteiger partial charge in [-0.05, 0) is 24.6 Å². The second kappa shape index (κ2) is 5.38. The van der Waals surface area contributed by atoms with Crippen LogP contribution in [0.15, 0.2) is 36.4 Å². The first-order chi connectivity index (χ1) is 6.36. The Balaban J connectivity index is 2.49. The molecule has 0 spiro atoms. The van der Waals surface area contributed by atoms with Gasteiger partial charge in [-0.15, -0.1) is 0 Å². The van der Waals surface area contributed by atoms with Crippen LogP contribution >= 0.6 is 0 Å². The van der Waals surface area contributed by atoms with Crippen molar-refractivity contribution in [3.05, 3.63) is 42.0 Å². The normalized spacial score (nSPS) is 10.6. The maximum absolute atomic E-state index is 5.47. The summed E-state index contributed by atoms with van der Waals surface area (Å²) in [6, 6.07) is 7.83. The Morgan fingerprint density at radius 3 is 2.54 bits per heavy atom. The first-order valence-electron chi connectivity index (χ1n) is 4.39. The minimum absolute atomic E-state index is 0.579. The second-order valence-electron chi connectivity index (χ2n) is 2.73. The summed E-state index contributed by atoms with van der Waals surface area (Å²) in [4.78, 5) is 0. The molecule has 13 heavy (non-hydrogen) atoms. The monoisotopic (exact) mass is 177 g/mol. The zero-order valence-electron chi connectivity index (χ0n) is 7.86. The van der Waals surface area contributed by atoms with Gasteiger partial charge in [-0.2, -0.15) is 0 Å². The van der Waals surface area contributed by atoms with Crippen molar-refractivity contribution in [3.8, 4) is 5.75 Å². The second-order valence-corrected chi connectivity index (χ2v) is 2.73. The van der Waals surface area contributed by atoms with E-state index in [2.05, 4.69) is 0 Å². The van der Waals surface area contributed by atoms with Crippen molar-refractivity contribution in [2.45, 2.75) is 13.5 Å². The van der Waals surface area contributed by atoms with E-state index in [1.807, 2.05) is 43.3 Å². The molecule has 0 amide bonds. The van der Waals surface area contributed by atoms with Crippen LogP contribution in [0.4, 0.5) is 0 Å². The molecule has 1 aromatic rings. The number of rotatable bonds is 4. The largest absolute Gasteiger partial charge is 0.490 e. The fraction of sp³-hybridized carbons (Fsp3) is 0.273. The molecule has 0 atom stereocenters. The van der Waals surface area contributed by atoms with Crippen molar-refractivity contribution >= 4 is 0 Å². The molecule has 0 saturated carbocycles. The van der Waals surface area contributed by atoms with Gasteiger partial charge in [0.2, 0.25) is 0 Å². The van der Waals surface area contributed by atoms with Crippen LogP contribution in [0.3, 0.4) is 0 Å². The number of hydrogen-bond acceptors (Lipinski definition) is 2. The van der Waals surface area contributed by atoms with E-state index in [0.717, 1.165) is 11.3 Å². The number of ether oxygens (including phenoxy) is 1. The Labute approximate surface area is 79.0 Å². The van der Waals surface area contributed by atoms with Gasteiger partial charge in [-0.1, -0.05) is 24.3 Å². The Morgan fingerprint density at radius 2 is 2.00 bits per heavy atom. The molecule has 0 aliphatic carbocycles. The van der Waals surface area contributed by atoms with E-state index < -0.39 is 0 Å². The number of allylic oxidation sites excluding steroid dienone is 1. The Kier molecular flexibility index (Phi) is 4.06. The lowest BCUT2D eigenvalue weighted by molar-refractivity contribution is 0.362. The molecule has 2 nitrogen and oxygen atoms in total. The summed E-state index contributed by atoms with van der Waals surface area (Å²) in [5, 5.41) is 0. The molecule has 0 aromatic heterocycles. The molecule has 0 unspecified atom stereocenters. The minimum Gasteiger partial charge on any atom is -0.490 e. The van der Waals surface area contributed by atoms with Crippen molar-refractivity contribution in [3.63, 3.8) is 0 Å². The van der Waals surface area contributed by atoms with Gasteiger partial charge in [-0.25, -0.2) is 0 Å². The smallest absolute Gasteiger partial charge is 0.119 e. The summed E-state index contributed by atoms with van der Waals surface area (Å²) in [5.74, 6) is 0.885. The van der Waals surface area contributed by atoms with Gasteiger partial charge in [0, 0.05) is 6.54 Å². The number of benzene rings is 1. The fourth-order valence-corrected chi connectivity index (χ4v) is 0.962. The van der Waals surface area contributed by atoms with Gasteiger partial charge in [0.05, 0.1) is 0 Å². The lowest BCUT2D eigenvalue weighted by atomic mass is 10.2. The third-order valence-corrected chi connectivity index (χ3v) is 1.74. The Hall–Kier alpha value is -1.28. The minimum atomic E-state index is 0.579. The predicted octanol–water partition coefficient (Wildman–Crippen LogP) is 2.10. The molecule has 0 heterocycles. The Bertz CT molecular complexity index is 264. The van der Waals surface area contributed by atoms with Crippen LogP contribution in [0.1, 0.15) is 12.5 Å². The van der Waals surface area contributed by atoms with Crippen molar-refractivity contribution in [2.24, 2.45) is 5.73 Å². The van der Waals surface area contributed by atoms with Crippen molar-refractivity contribution in [1.82, 2.24) is 0 Å². The molecular weight excluding hydrogens is 162 g/mol. The van der Waals surface area contributed by atoms with E-state index in [4.69, 9.17) is 10.5 Å². The maximum atomic E-state index is 5.47. The van der Waals surface area contributed by atoms with E-state index in [-0.39, 0.29) is 0 Å². The number of nitrogens with two attached hydrogens (primary N) is 1. The van der Waals surface area contributed by atoms with Crippen LogP contribution in [0.25, 0.3) is 0 Å². The van der Waals surface area contributed by atoms with Crippen molar-refractivity contribution < 1.29 is 4.74 Å². The van der Waals surface area contributed by atoms with Gasteiger partial charge in [0.15, 0.2) is 0 Å². The highest BCUT2D eigenvalue weighted by atomic mass is 16.5. The maximum Gasteiger partial charge on any atom is 0.119 e. The third-order valence-electron chi connectivity index (χ3n) is 1.74. The summed E-state index contributed by atoms with van der Waals surface area (Å²) < 4.78 is 5.42. The molecular formula is C11H15NO. The average Bonchev–Trinajstić information content (AvgIpc) is 2.19. The van der Waals surface area contributed by atoms with Gasteiger partial charge < -0.3 is 10.5 Å². The van der Waals surface area contributed by atoms with Gasteiger partial charge >= 0.3 is 0 Å². The van der Waals surface area contributed by atoms with Gasteiger partial charge in [0.25, 0.3) is 0 Å². The molecule has 2 N–H and O–H groups in total. The van der Waals surface area contributed by atoms with E-state index in [9.17, 15) is 0 Å². The first kappa shape index (κ1) is 9.81. The average molecular weight is 177 g/mol. The zero-order chi connectivity index (χ0) is 9.52. The first-order valence-corrected chi connectivity index (χ1v) is 4.39. The summed E-state index contributed by atoms with van der Waals surface area (Å²) in [6.45, 7) is 3.18. The van der Waals surface area contributed by atoms with Crippen LogP contribution < -0.4 is 10.5 Å². The summed E-state index contributed by atoms with van der Waals surface area (Å²) in [7, 11) is 0. The zero-order valence-corrected chi connectivity index (χ0v) is 7.86. The lowest BCUT2D eigenvalue weighted by Gasteiger charge is -2.03. The summed E-state index contributed by atoms with van der Waals surface area (Å²) in [5.41, 5.74) is 6.59. The molecule has 0 aliphatic heterocycles. The topological polar surface area (TPSA) is 35.2 Å². The molecule has 2 heteroatoms. The van der Waals surface area contributed by atoms with Gasteiger partial charge in [-0.3, -0.25) is 0 Å². The molecule has 0 aliphatic rings. The summed E-state index contributed by atoms with van der Waals surface area (Å²) in [6.07, 6.45) is 3.94. The lowest BCUT2D eigenvalue weighted by Crippen LogP contribution is -1.97. The SMILES string of the molecule is C/C=C/COc1ccc(CN)cc1. The molecule has 0 radical (unpaired) electrons. The Morgan fingerprint density at radius 1 is 1.31 bits per heavy atom. The van der Waals surface area contributed by atoms with Crippen LogP contribution in [-0.4, -0.2) is 6.61 Å². The predicted molar refractivity (Wildman–Crippen MR) is 54.6 cm³/mol. The van der Waals surface area contributed by atoms with Crippen LogP contribution in [-0.2, 0) is 6.54 Å². The molecule has 1 rings (SSSR count).